The van der Waals surface area contributed by atoms with Crippen molar-refractivity contribution in [3.8, 4) is 11.1 Å². The summed E-state index contributed by atoms with van der Waals surface area (Å²) in [5.41, 5.74) is 7.77. The van der Waals surface area contributed by atoms with Gasteiger partial charge in [-0.3, -0.25) is 0 Å². The third kappa shape index (κ3) is 4.92. The molecule has 0 saturated heterocycles. The van der Waals surface area contributed by atoms with Gasteiger partial charge in [-0.05, 0) is 28.7 Å². The van der Waals surface area contributed by atoms with Crippen LogP contribution >= 0.6 is 11.6 Å². The first-order chi connectivity index (χ1) is 11.3. The van der Waals surface area contributed by atoms with Crippen LogP contribution in [0.4, 0.5) is 0 Å². The van der Waals surface area contributed by atoms with Crippen LogP contribution in [0, 0.1) is 69.3 Å². The number of aryl methyl sites for hydroxylation is 2. The molecule has 3 heteroatoms. The predicted molar refractivity (Wildman–Crippen MR) is 110 cm³/mol. The van der Waals surface area contributed by atoms with Gasteiger partial charge in [0.15, 0.2) is 0 Å². The van der Waals surface area contributed by atoms with Crippen LogP contribution in [0.2, 0.25) is 5.02 Å². The second-order valence-electron chi connectivity index (χ2n) is 7.54. The molecule has 1 N–H and O–H groups in total. The molecule has 0 aromatic heterocycles. The summed E-state index contributed by atoms with van der Waals surface area (Å²) in [7, 11) is 0. The molecule has 0 heterocycles. The Balaban J connectivity index is 0.00000169. The van der Waals surface area contributed by atoms with E-state index in [0.717, 1.165) is 29.0 Å². The molecule has 2 aromatic rings. The summed E-state index contributed by atoms with van der Waals surface area (Å²) < 4.78 is 0. The van der Waals surface area contributed by atoms with Crippen molar-refractivity contribution in [2.24, 2.45) is 5.41 Å². The summed E-state index contributed by atoms with van der Waals surface area (Å²) in [5, 5.41) is 9.21. The molecule has 1 nitrogen and oxygen atoms in total. The molecular formula is C23H26ClNU. The molecule has 0 aliphatic heterocycles. The normalized spacial score (nSPS) is 15.6. The number of hydrogen-bond donors (Lipinski definition) is 1. The van der Waals surface area contributed by atoms with E-state index < -0.39 is 0 Å². The van der Waals surface area contributed by atoms with Crippen molar-refractivity contribution >= 4 is 22.9 Å². The predicted octanol–water partition coefficient (Wildman–Crippen LogP) is 7.10. The van der Waals surface area contributed by atoms with E-state index in [0.29, 0.717) is 5.71 Å². The summed E-state index contributed by atoms with van der Waals surface area (Å²) in [6.07, 6.45) is 5.22. The van der Waals surface area contributed by atoms with Gasteiger partial charge < -0.3 is 12.8 Å². The number of hydrogen-bond acceptors (Lipinski definition) is 1. The molecular weight excluding hydrogens is 564 g/mol. The molecule has 0 spiro atoms. The molecule has 0 radical (unpaired) electrons. The smallest absolute Gasteiger partial charge is 0.369 e. The van der Waals surface area contributed by atoms with E-state index in [-0.39, 0.29) is 44.0 Å². The maximum absolute atomic E-state index is 8.46. The molecule has 3 rings (SSSR count). The van der Waals surface area contributed by atoms with Gasteiger partial charge in [-0.2, -0.15) is 11.6 Å². The number of nitrogens with one attached hydrogen (secondary N) is 1. The monoisotopic (exact) mass is 589 g/mol. The van der Waals surface area contributed by atoms with Crippen LogP contribution in [-0.2, 0) is 0 Å². The van der Waals surface area contributed by atoms with Gasteiger partial charge in [0.2, 0.25) is 0 Å². The van der Waals surface area contributed by atoms with Crippen LogP contribution in [0.5, 0.6) is 0 Å². The Labute approximate surface area is 187 Å². The minimum Gasteiger partial charge on any atom is -0.369 e. The third-order valence-electron chi connectivity index (χ3n) is 4.66. The maximum atomic E-state index is 8.46. The number of benzene rings is 2. The molecule has 26 heavy (non-hydrogen) atoms. The Bertz CT molecular complexity index is 809. The van der Waals surface area contributed by atoms with Crippen molar-refractivity contribution in [2.45, 2.75) is 40.5 Å². The first-order valence-electron chi connectivity index (χ1n) is 8.33. The maximum Gasteiger partial charge on any atom is 2.00 e. The zero-order chi connectivity index (χ0) is 17.5. The SMILES string of the molecule is Cc1cc(-c2ccc(Cl)cc2)cc(C)c1C1=[C-]CC(C)(C)CC1=N.[CH3-].[U+2]. The van der Waals surface area contributed by atoms with E-state index in [9.17, 15) is 0 Å². The van der Waals surface area contributed by atoms with Gasteiger partial charge in [0.1, 0.15) is 0 Å². The number of rotatable bonds is 2. The minimum absolute atomic E-state index is 0. The van der Waals surface area contributed by atoms with E-state index in [1.807, 2.05) is 24.3 Å². The summed E-state index contributed by atoms with van der Waals surface area (Å²) in [6.45, 7) is 8.66. The molecule has 1 aliphatic carbocycles. The van der Waals surface area contributed by atoms with Crippen molar-refractivity contribution in [3.05, 3.63) is 71.6 Å². The Kier molecular flexibility index (Phi) is 7.97. The fourth-order valence-corrected chi connectivity index (χ4v) is 3.60. The van der Waals surface area contributed by atoms with Gasteiger partial charge in [0.25, 0.3) is 0 Å². The van der Waals surface area contributed by atoms with Crippen molar-refractivity contribution in [1.82, 2.24) is 0 Å². The van der Waals surface area contributed by atoms with Crippen molar-refractivity contribution in [1.29, 1.82) is 5.41 Å². The molecule has 0 saturated carbocycles. The topological polar surface area (TPSA) is 23.9 Å². The fourth-order valence-electron chi connectivity index (χ4n) is 3.47. The van der Waals surface area contributed by atoms with Crippen molar-refractivity contribution in [3.63, 3.8) is 0 Å². The Morgan fingerprint density at radius 1 is 1.00 bits per heavy atom. The molecule has 134 valence electrons. The standard InChI is InChI=1S/C22H23ClN.CH3.U/c1-14-11-17(16-5-7-18(23)8-6-16)12-15(2)21(14)19-9-10-22(3,4)13-20(19)24;;/h5-8,11-12,24H,10,13H2,1-4H3;1H3;/q2*-1;+2. The fraction of sp³-hybridized carbons (Fsp3) is 0.304. The van der Waals surface area contributed by atoms with E-state index in [1.54, 1.807) is 0 Å². The average Bonchev–Trinajstić information content (AvgIpc) is 2.48. The van der Waals surface area contributed by atoms with Gasteiger partial charge in [0, 0.05) is 5.02 Å². The molecule has 1 aliphatic rings. The number of halogens is 1. The second kappa shape index (κ2) is 8.92. The third-order valence-corrected chi connectivity index (χ3v) is 4.91. The summed E-state index contributed by atoms with van der Waals surface area (Å²) in [4.78, 5) is 0. The van der Waals surface area contributed by atoms with E-state index in [2.05, 4.69) is 45.9 Å². The first kappa shape index (κ1) is 23.2. The first-order valence-corrected chi connectivity index (χ1v) is 8.71. The van der Waals surface area contributed by atoms with Crippen LogP contribution < -0.4 is 0 Å². The Hall–Kier alpha value is -0.808. The molecule has 0 unspecified atom stereocenters. The van der Waals surface area contributed by atoms with Gasteiger partial charge in [0.05, 0.1) is 0 Å². The Morgan fingerprint density at radius 2 is 1.54 bits per heavy atom. The van der Waals surface area contributed by atoms with Crippen LogP contribution in [0.3, 0.4) is 0 Å². The van der Waals surface area contributed by atoms with Gasteiger partial charge in [-0.1, -0.05) is 93.2 Å². The van der Waals surface area contributed by atoms with Crippen LogP contribution in [0.1, 0.15) is 43.4 Å². The van der Waals surface area contributed by atoms with Crippen molar-refractivity contribution < 1.29 is 31.1 Å². The average molecular weight is 590 g/mol. The molecule has 2 aromatic carbocycles. The van der Waals surface area contributed by atoms with Crippen LogP contribution in [-0.4, -0.2) is 5.71 Å². The molecule has 0 fully saturated rings. The molecule has 0 bridgehead atoms. The zero-order valence-electron chi connectivity index (χ0n) is 16.3. The second-order valence-corrected chi connectivity index (χ2v) is 7.98. The van der Waals surface area contributed by atoms with Crippen LogP contribution in [0.15, 0.2) is 36.4 Å². The van der Waals surface area contributed by atoms with E-state index in [4.69, 9.17) is 17.0 Å². The minimum atomic E-state index is 0. The van der Waals surface area contributed by atoms with Gasteiger partial charge in [-0.25, -0.2) is 0 Å². The van der Waals surface area contributed by atoms with Crippen molar-refractivity contribution in [2.75, 3.05) is 0 Å². The Morgan fingerprint density at radius 3 is 2.04 bits per heavy atom. The van der Waals surface area contributed by atoms with E-state index in [1.165, 1.54) is 22.3 Å². The van der Waals surface area contributed by atoms with Gasteiger partial charge >= 0.3 is 31.1 Å². The number of allylic oxidation sites excluding steroid dienone is 2. The zero-order valence-corrected chi connectivity index (χ0v) is 21.2. The molecule has 0 atom stereocenters. The quantitative estimate of drug-likeness (QED) is 0.362. The molecule has 0 amide bonds. The van der Waals surface area contributed by atoms with Crippen LogP contribution in [0.25, 0.3) is 16.7 Å². The largest absolute Gasteiger partial charge is 2.00 e. The summed E-state index contributed by atoms with van der Waals surface area (Å²) in [5.74, 6) is 0. The van der Waals surface area contributed by atoms with Gasteiger partial charge in [-0.15, -0.1) is 5.56 Å². The van der Waals surface area contributed by atoms with E-state index >= 15 is 0 Å². The summed E-state index contributed by atoms with van der Waals surface area (Å²) in [6, 6.07) is 12.3. The summed E-state index contributed by atoms with van der Waals surface area (Å²) >= 11 is 5.99.